The molecule has 198 valence electrons. The number of phosphoric ester groups is 1. The lowest BCUT2D eigenvalue weighted by Gasteiger charge is -2.22. The topological polar surface area (TPSA) is 180 Å². The van der Waals surface area contributed by atoms with Gasteiger partial charge in [-0.3, -0.25) is 14.6 Å². The summed E-state index contributed by atoms with van der Waals surface area (Å²) in [6.07, 6.45) is 8.79. The second kappa shape index (κ2) is 16.1. The largest absolute Gasteiger partial charge is 0.525 e. The zero-order chi connectivity index (χ0) is 25.6. The van der Waals surface area contributed by atoms with Gasteiger partial charge >= 0.3 is 19.8 Å². The molecule has 0 aliphatic carbocycles. The number of aliphatic hydroxyl groups is 3. The van der Waals surface area contributed by atoms with Crippen molar-refractivity contribution in [3.63, 3.8) is 0 Å². The maximum Gasteiger partial charge on any atom is 0.525 e. The zero-order valence-corrected chi connectivity index (χ0v) is 20.7. The third-order valence-corrected chi connectivity index (χ3v) is 5.89. The summed E-state index contributed by atoms with van der Waals surface area (Å²) in [6.45, 7) is 2.21. The first-order chi connectivity index (χ1) is 16.1. The quantitative estimate of drug-likeness (QED) is 0.0742. The Morgan fingerprint density at radius 1 is 0.941 bits per heavy atom. The van der Waals surface area contributed by atoms with Gasteiger partial charge in [0, 0.05) is 6.42 Å². The van der Waals surface area contributed by atoms with Crippen LogP contribution in [-0.2, 0) is 28.2 Å². The first kappa shape index (κ1) is 30.4. The minimum absolute atomic E-state index is 0.0143. The Balaban J connectivity index is 2.18. The van der Waals surface area contributed by atoms with E-state index in [1.54, 1.807) is 0 Å². The average Bonchev–Trinajstić information content (AvgIpc) is 3.03. The van der Waals surface area contributed by atoms with Gasteiger partial charge in [0.05, 0.1) is 0 Å². The Morgan fingerprint density at radius 3 is 1.88 bits per heavy atom. The number of carbonyl (C=O) groups excluding carboxylic acids is 2. The maximum atomic E-state index is 11.9. The van der Waals surface area contributed by atoms with Crippen molar-refractivity contribution < 1.29 is 53.3 Å². The van der Waals surface area contributed by atoms with E-state index in [9.17, 15) is 29.5 Å². The van der Waals surface area contributed by atoms with Crippen LogP contribution < -0.4 is 0 Å². The fraction of sp³-hybridized carbons (Fsp3) is 0.818. The Hall–Kier alpha value is -1.65. The normalized spacial score (nSPS) is 18.0. The van der Waals surface area contributed by atoms with Gasteiger partial charge in [0.15, 0.2) is 18.0 Å². The molecule has 0 saturated carbocycles. The van der Waals surface area contributed by atoms with Gasteiger partial charge in [-0.05, 0) is 6.42 Å². The highest BCUT2D eigenvalue weighted by molar-refractivity contribution is 7.46. The van der Waals surface area contributed by atoms with Crippen LogP contribution in [0.5, 0.6) is 0 Å². The summed E-state index contributed by atoms with van der Waals surface area (Å²) in [5.41, 5.74) is 0. The van der Waals surface area contributed by atoms with E-state index < -0.39 is 49.8 Å². The van der Waals surface area contributed by atoms with E-state index in [0.717, 1.165) is 25.7 Å². The van der Waals surface area contributed by atoms with E-state index in [2.05, 4.69) is 16.2 Å². The predicted molar refractivity (Wildman–Crippen MR) is 121 cm³/mol. The van der Waals surface area contributed by atoms with E-state index in [1.807, 2.05) is 0 Å². The third-order valence-electron chi connectivity index (χ3n) is 5.47. The first-order valence-electron chi connectivity index (χ1n) is 12.0. The molecule has 5 N–H and O–H groups in total. The SMILES string of the molecule is CCCCCCCCCCCCCCCC(=O)OC(O)[C@H](O)[C@H]1OC(=O)C(OP(=O)(O)O)=C1O. The molecule has 0 aromatic rings. The van der Waals surface area contributed by atoms with Gasteiger partial charge in [-0.1, -0.05) is 84.0 Å². The molecule has 1 aliphatic heterocycles. The molecule has 1 unspecified atom stereocenters. The molecule has 0 bridgehead atoms. The highest BCUT2D eigenvalue weighted by Gasteiger charge is 2.46. The Bertz CT molecular complexity index is 703. The predicted octanol–water partition coefficient (Wildman–Crippen LogP) is 3.49. The van der Waals surface area contributed by atoms with E-state index in [4.69, 9.17) is 14.5 Å². The van der Waals surface area contributed by atoms with Gasteiger partial charge in [-0.25, -0.2) is 9.36 Å². The van der Waals surface area contributed by atoms with Crippen molar-refractivity contribution in [1.82, 2.24) is 0 Å². The van der Waals surface area contributed by atoms with E-state index in [0.29, 0.717) is 6.42 Å². The first-order valence-corrected chi connectivity index (χ1v) is 13.5. The van der Waals surface area contributed by atoms with Crippen molar-refractivity contribution in [2.24, 2.45) is 0 Å². The van der Waals surface area contributed by atoms with Crippen LogP contribution in [0.4, 0.5) is 0 Å². The van der Waals surface area contributed by atoms with Gasteiger partial charge in [-0.2, -0.15) is 0 Å². The number of esters is 2. The van der Waals surface area contributed by atoms with Crippen molar-refractivity contribution in [3.05, 3.63) is 11.5 Å². The molecule has 1 aliphatic rings. The van der Waals surface area contributed by atoms with Crippen LogP contribution in [0.2, 0.25) is 0 Å². The minimum Gasteiger partial charge on any atom is -0.505 e. The lowest BCUT2D eigenvalue weighted by atomic mass is 10.0. The van der Waals surface area contributed by atoms with Crippen molar-refractivity contribution in [2.45, 2.75) is 115 Å². The molecule has 0 saturated heterocycles. The molecule has 1 rings (SSSR count). The standard InChI is InChI=1S/C22H39O11P/c1-2-3-4-5-6-7-8-9-10-11-12-13-14-15-16(23)31-21(26)18(25)19-17(24)20(22(27)32-19)33-34(28,29)30/h18-19,21,24-26H,2-15H2,1H3,(H2,28,29,30)/t18-,19+,21?/m1/s1. The Morgan fingerprint density at radius 2 is 1.41 bits per heavy atom. The molecule has 0 aromatic carbocycles. The van der Waals surface area contributed by atoms with Crippen LogP contribution >= 0.6 is 7.82 Å². The lowest BCUT2D eigenvalue weighted by molar-refractivity contribution is -0.200. The summed E-state index contributed by atoms with van der Waals surface area (Å²) in [6, 6.07) is 0. The molecule has 34 heavy (non-hydrogen) atoms. The second-order valence-corrected chi connectivity index (χ2v) is 9.65. The highest BCUT2D eigenvalue weighted by atomic mass is 31.2. The number of rotatable bonds is 19. The summed E-state index contributed by atoms with van der Waals surface area (Å²) < 4.78 is 24.1. The molecular weight excluding hydrogens is 471 g/mol. The Kier molecular flexibility index (Phi) is 14.4. The second-order valence-electron chi connectivity index (χ2n) is 8.49. The maximum absolute atomic E-state index is 11.9. The molecule has 0 amide bonds. The van der Waals surface area contributed by atoms with Gasteiger partial charge in [0.2, 0.25) is 6.29 Å². The Labute approximate surface area is 200 Å². The summed E-state index contributed by atoms with van der Waals surface area (Å²) in [4.78, 5) is 40.9. The number of hydrogen-bond acceptors (Lipinski definition) is 9. The minimum atomic E-state index is -5.17. The van der Waals surface area contributed by atoms with E-state index in [-0.39, 0.29) is 6.42 Å². The summed E-state index contributed by atoms with van der Waals surface area (Å²) >= 11 is 0. The van der Waals surface area contributed by atoms with Crippen molar-refractivity contribution in [3.8, 4) is 0 Å². The lowest BCUT2D eigenvalue weighted by Crippen LogP contribution is -2.41. The van der Waals surface area contributed by atoms with Gasteiger partial charge < -0.3 is 29.3 Å². The molecule has 0 aromatic heterocycles. The van der Waals surface area contributed by atoms with Crippen LogP contribution in [0, 0.1) is 0 Å². The molecule has 0 radical (unpaired) electrons. The summed E-state index contributed by atoms with van der Waals surface area (Å²) in [5, 5.41) is 29.7. The van der Waals surface area contributed by atoms with Crippen LogP contribution in [0.25, 0.3) is 0 Å². The highest BCUT2D eigenvalue weighted by Crippen LogP contribution is 2.42. The van der Waals surface area contributed by atoms with Crippen molar-refractivity contribution in [1.29, 1.82) is 0 Å². The number of phosphoric acid groups is 1. The molecule has 0 fully saturated rings. The van der Waals surface area contributed by atoms with Gasteiger partial charge in [-0.15, -0.1) is 0 Å². The molecular formula is C22H39O11P. The number of hydrogen-bond donors (Lipinski definition) is 5. The fourth-order valence-electron chi connectivity index (χ4n) is 3.59. The van der Waals surface area contributed by atoms with E-state index >= 15 is 0 Å². The average molecular weight is 511 g/mol. The van der Waals surface area contributed by atoms with Crippen LogP contribution in [0.3, 0.4) is 0 Å². The van der Waals surface area contributed by atoms with Crippen LogP contribution in [-0.4, -0.2) is 55.5 Å². The number of cyclic esters (lactones) is 1. The van der Waals surface area contributed by atoms with Crippen molar-refractivity contribution in [2.75, 3.05) is 0 Å². The van der Waals surface area contributed by atoms with Crippen LogP contribution in [0.1, 0.15) is 96.8 Å². The molecule has 1 heterocycles. The molecule has 3 atom stereocenters. The van der Waals surface area contributed by atoms with E-state index in [1.165, 1.54) is 51.4 Å². The molecule has 12 heteroatoms. The summed E-state index contributed by atoms with van der Waals surface area (Å²) in [5.74, 6) is -4.56. The number of ether oxygens (including phenoxy) is 2. The molecule has 11 nitrogen and oxygen atoms in total. The zero-order valence-electron chi connectivity index (χ0n) is 19.8. The summed E-state index contributed by atoms with van der Waals surface area (Å²) in [7, 11) is -5.17. The van der Waals surface area contributed by atoms with Gasteiger partial charge in [0.1, 0.15) is 0 Å². The van der Waals surface area contributed by atoms with Crippen LogP contribution in [0.15, 0.2) is 11.5 Å². The number of aliphatic hydroxyl groups excluding tert-OH is 3. The third kappa shape index (κ3) is 12.2. The van der Waals surface area contributed by atoms with Crippen molar-refractivity contribution >= 4 is 19.8 Å². The number of carbonyl (C=O) groups is 2. The fourth-order valence-corrected chi connectivity index (χ4v) is 4.00. The smallest absolute Gasteiger partial charge is 0.505 e. The number of unbranched alkanes of at least 4 members (excludes halogenated alkanes) is 12. The monoisotopic (exact) mass is 510 g/mol. The van der Waals surface area contributed by atoms with Gasteiger partial charge in [0.25, 0.3) is 5.76 Å². The molecule has 0 spiro atoms.